The molecule has 0 fully saturated rings. The van der Waals surface area contributed by atoms with Gasteiger partial charge in [0, 0.05) is 0 Å². The van der Waals surface area contributed by atoms with Gasteiger partial charge in [0.05, 0.1) is 16.1 Å². The Balaban J connectivity index is 3.01. The summed E-state index contributed by atoms with van der Waals surface area (Å²) in [7, 11) is -2.24. The zero-order valence-electron chi connectivity index (χ0n) is 12.6. The Kier molecular flexibility index (Phi) is 4.94. The second kappa shape index (κ2) is 5.85. The van der Waals surface area contributed by atoms with E-state index in [4.69, 9.17) is 0 Å². The van der Waals surface area contributed by atoms with Crippen molar-refractivity contribution in [2.75, 3.05) is 0 Å². The van der Waals surface area contributed by atoms with Crippen molar-refractivity contribution in [3.8, 4) is 0 Å². The van der Waals surface area contributed by atoms with Crippen LogP contribution in [0.1, 0.15) is 11.1 Å². The second-order valence-electron chi connectivity index (χ2n) is 7.03. The van der Waals surface area contributed by atoms with Gasteiger partial charge in [0.1, 0.15) is 0 Å². The van der Waals surface area contributed by atoms with Crippen molar-refractivity contribution < 1.29 is 0 Å². The van der Waals surface area contributed by atoms with Crippen molar-refractivity contribution in [3.05, 3.63) is 46.8 Å². The molecular weight excluding hydrogens is 248 g/mol. The lowest BCUT2D eigenvalue weighted by molar-refractivity contribution is 1.61. The molecule has 0 saturated heterocycles. The molecule has 0 heterocycles. The van der Waals surface area contributed by atoms with Crippen molar-refractivity contribution in [2.45, 2.75) is 39.3 Å². The van der Waals surface area contributed by atoms with Crippen molar-refractivity contribution in [1.29, 1.82) is 0 Å². The normalized spacial score (nSPS) is 13.7. The molecule has 0 aliphatic carbocycles. The zero-order chi connectivity index (χ0) is 13.8. The second-order valence-corrected chi connectivity index (χ2v) is 17.2. The van der Waals surface area contributed by atoms with E-state index in [1.807, 2.05) is 0 Å². The molecular formula is C16H26Si2. The Labute approximate surface area is 114 Å². The van der Waals surface area contributed by atoms with Crippen LogP contribution in [0.4, 0.5) is 0 Å². The topological polar surface area (TPSA) is 0 Å². The predicted molar refractivity (Wildman–Crippen MR) is 91.2 cm³/mol. The van der Waals surface area contributed by atoms with Gasteiger partial charge in [-0.1, -0.05) is 87.1 Å². The van der Waals surface area contributed by atoms with Gasteiger partial charge < -0.3 is 0 Å². The van der Waals surface area contributed by atoms with Crippen LogP contribution in [0.2, 0.25) is 39.3 Å². The molecule has 0 aliphatic heterocycles. The molecule has 0 unspecified atom stereocenters. The minimum absolute atomic E-state index is 1.12. The lowest BCUT2D eigenvalue weighted by Crippen LogP contribution is -2.15. The Morgan fingerprint density at radius 1 is 0.667 bits per heavy atom. The highest BCUT2D eigenvalue weighted by Gasteiger charge is 2.09. The summed E-state index contributed by atoms with van der Waals surface area (Å²) in [6.45, 7) is 14.2. The van der Waals surface area contributed by atoms with E-state index in [2.05, 4.69) is 87.1 Å². The van der Waals surface area contributed by atoms with Gasteiger partial charge in [0.15, 0.2) is 0 Å². The van der Waals surface area contributed by atoms with Gasteiger partial charge in [-0.05, 0) is 11.1 Å². The summed E-state index contributed by atoms with van der Waals surface area (Å²) < 4.78 is 0. The van der Waals surface area contributed by atoms with Gasteiger partial charge >= 0.3 is 0 Å². The maximum Gasteiger partial charge on any atom is 0.0687 e. The summed E-state index contributed by atoms with van der Waals surface area (Å²) in [5.41, 5.74) is 7.51. The molecule has 0 aromatic heterocycles. The molecule has 98 valence electrons. The highest BCUT2D eigenvalue weighted by Crippen LogP contribution is 2.16. The third kappa shape index (κ3) is 6.17. The van der Waals surface area contributed by atoms with E-state index in [1.54, 1.807) is 0 Å². The van der Waals surface area contributed by atoms with Crippen molar-refractivity contribution in [1.82, 2.24) is 0 Å². The molecule has 0 aliphatic rings. The van der Waals surface area contributed by atoms with E-state index in [0.29, 0.717) is 0 Å². The third-order valence-electron chi connectivity index (χ3n) is 2.52. The summed E-state index contributed by atoms with van der Waals surface area (Å²) in [5, 5.41) is 0. The summed E-state index contributed by atoms with van der Waals surface area (Å²) in [4.78, 5) is 0. The maximum atomic E-state index is 2.41. The molecule has 1 rings (SSSR count). The van der Waals surface area contributed by atoms with E-state index < -0.39 is 16.1 Å². The summed E-state index contributed by atoms with van der Waals surface area (Å²) >= 11 is 0. The van der Waals surface area contributed by atoms with Crippen LogP contribution < -0.4 is 0 Å². The number of hydrogen-bond acceptors (Lipinski definition) is 0. The minimum atomic E-state index is -1.12. The first-order chi connectivity index (χ1) is 8.17. The fourth-order valence-electron chi connectivity index (χ4n) is 1.49. The molecule has 0 radical (unpaired) electrons. The van der Waals surface area contributed by atoms with Crippen LogP contribution in [-0.4, -0.2) is 16.1 Å². The average molecular weight is 275 g/mol. The van der Waals surface area contributed by atoms with Crippen LogP contribution >= 0.6 is 0 Å². The first-order valence-electron chi connectivity index (χ1n) is 6.65. The van der Waals surface area contributed by atoms with Crippen molar-refractivity contribution in [3.63, 3.8) is 0 Å². The maximum absolute atomic E-state index is 2.41. The molecule has 0 amide bonds. The lowest BCUT2D eigenvalue weighted by atomic mass is 10.1. The Morgan fingerprint density at radius 2 is 1.00 bits per heavy atom. The molecule has 0 saturated carbocycles. The van der Waals surface area contributed by atoms with E-state index in [9.17, 15) is 0 Å². The molecule has 0 nitrogen and oxygen atoms in total. The lowest BCUT2D eigenvalue weighted by Gasteiger charge is -2.11. The van der Waals surface area contributed by atoms with Gasteiger partial charge in [0.25, 0.3) is 0 Å². The molecule has 1 aromatic carbocycles. The van der Waals surface area contributed by atoms with Gasteiger partial charge in [-0.25, -0.2) is 0 Å². The first-order valence-corrected chi connectivity index (χ1v) is 13.8. The molecule has 0 bridgehead atoms. The smallest absolute Gasteiger partial charge is 0.0687 e. The summed E-state index contributed by atoms with van der Waals surface area (Å²) in [6, 6.07) is 8.66. The van der Waals surface area contributed by atoms with E-state index >= 15 is 0 Å². The van der Waals surface area contributed by atoms with Crippen LogP contribution in [-0.2, 0) is 0 Å². The zero-order valence-corrected chi connectivity index (χ0v) is 14.6. The Hall–Kier alpha value is -0.866. The first kappa shape index (κ1) is 15.2. The minimum Gasteiger partial charge on any atom is -0.0944 e. The fraction of sp³-hybridized carbons (Fsp3) is 0.375. The van der Waals surface area contributed by atoms with Crippen molar-refractivity contribution >= 4 is 28.3 Å². The SMILES string of the molecule is C[Si](C)(C)/C=C/c1ccccc1/C=C/[Si](C)(C)C. The highest BCUT2D eigenvalue weighted by molar-refractivity contribution is 6.82. The fourth-order valence-corrected chi connectivity index (χ4v) is 2.85. The average Bonchev–Trinajstić information content (AvgIpc) is 2.22. The molecule has 18 heavy (non-hydrogen) atoms. The standard InChI is InChI=1S/C16H26Si2/c1-17(2,3)13-11-15-9-7-8-10-16(15)12-14-18(4,5)6/h7-14H,1-6H3/b13-11+,14-12+. The van der Waals surface area contributed by atoms with Crippen molar-refractivity contribution in [2.24, 2.45) is 0 Å². The Morgan fingerprint density at radius 3 is 1.28 bits per heavy atom. The van der Waals surface area contributed by atoms with Crippen LogP contribution in [0, 0.1) is 0 Å². The summed E-state index contributed by atoms with van der Waals surface area (Å²) in [5.74, 6) is 0. The summed E-state index contributed by atoms with van der Waals surface area (Å²) in [6.07, 6.45) is 4.60. The quantitative estimate of drug-likeness (QED) is 0.639. The number of benzene rings is 1. The predicted octanol–water partition coefficient (Wildman–Crippen LogP) is 5.47. The van der Waals surface area contributed by atoms with E-state index in [0.717, 1.165) is 0 Å². The van der Waals surface area contributed by atoms with Crippen LogP contribution in [0.25, 0.3) is 12.2 Å². The van der Waals surface area contributed by atoms with Crippen LogP contribution in [0.15, 0.2) is 35.7 Å². The van der Waals surface area contributed by atoms with Crippen LogP contribution in [0.5, 0.6) is 0 Å². The third-order valence-corrected chi connectivity index (χ3v) is 4.86. The number of hydrogen-bond donors (Lipinski definition) is 0. The molecule has 0 atom stereocenters. The van der Waals surface area contributed by atoms with Gasteiger partial charge in [-0.15, -0.1) is 0 Å². The van der Waals surface area contributed by atoms with E-state index in [1.165, 1.54) is 11.1 Å². The monoisotopic (exact) mass is 274 g/mol. The number of rotatable bonds is 4. The van der Waals surface area contributed by atoms with Gasteiger partial charge in [-0.2, -0.15) is 0 Å². The van der Waals surface area contributed by atoms with E-state index in [-0.39, 0.29) is 0 Å². The largest absolute Gasteiger partial charge is 0.0944 e. The molecule has 1 aromatic rings. The van der Waals surface area contributed by atoms with Crippen LogP contribution in [0.3, 0.4) is 0 Å². The van der Waals surface area contributed by atoms with Gasteiger partial charge in [-0.3, -0.25) is 0 Å². The highest BCUT2D eigenvalue weighted by atomic mass is 28.3. The molecule has 0 spiro atoms. The van der Waals surface area contributed by atoms with Gasteiger partial charge in [0.2, 0.25) is 0 Å². The molecule has 0 N–H and O–H groups in total. The Bertz CT molecular complexity index is 400. The molecule has 2 heteroatoms.